The van der Waals surface area contributed by atoms with Gasteiger partial charge >= 0.3 is 0 Å². The lowest BCUT2D eigenvalue weighted by atomic mass is 10.1. The number of anilines is 1. The fraction of sp³-hybridized carbons (Fsp3) is 0.207. The van der Waals surface area contributed by atoms with Gasteiger partial charge in [0.25, 0.3) is 0 Å². The molecule has 44 heavy (non-hydrogen) atoms. The molecule has 6 rings (SSSR count). The molecule has 4 heterocycles. The second-order valence-electron chi connectivity index (χ2n) is 9.88. The predicted octanol–water partition coefficient (Wildman–Crippen LogP) is 5.95. The summed E-state index contributed by atoms with van der Waals surface area (Å²) in [6.45, 7) is -0.0855. The van der Waals surface area contributed by atoms with E-state index in [9.17, 15) is 8.42 Å². The fourth-order valence-corrected chi connectivity index (χ4v) is 6.38. The summed E-state index contributed by atoms with van der Waals surface area (Å²) in [5.41, 5.74) is 7.79. The Morgan fingerprint density at radius 2 is 1.91 bits per heavy atom. The summed E-state index contributed by atoms with van der Waals surface area (Å²) < 4.78 is 54.2. The molecule has 5 aromatic rings. The molecule has 0 radical (unpaired) electrons. The van der Waals surface area contributed by atoms with Crippen molar-refractivity contribution in [3.63, 3.8) is 0 Å². The zero-order valence-electron chi connectivity index (χ0n) is 22.8. The maximum Gasteiger partial charge on any atom is 0.224 e. The van der Waals surface area contributed by atoms with Crippen LogP contribution in [0.3, 0.4) is 0 Å². The van der Waals surface area contributed by atoms with Crippen LogP contribution in [0.4, 0.5) is 10.2 Å². The first-order valence-corrected chi connectivity index (χ1v) is 15.7. The molecule has 0 amide bonds. The average molecular weight is 657 g/mol. The number of nitrogen functional groups attached to an aromatic ring is 1. The largest absolute Gasteiger partial charge is 0.484 e. The topological polar surface area (TPSA) is 148 Å². The molecule has 11 nitrogen and oxygen atoms in total. The fourth-order valence-electron chi connectivity index (χ4n) is 4.86. The molecule has 2 unspecified atom stereocenters. The van der Waals surface area contributed by atoms with Gasteiger partial charge in [0.15, 0.2) is 33.3 Å². The van der Waals surface area contributed by atoms with Crippen molar-refractivity contribution in [3.8, 4) is 17.0 Å². The lowest BCUT2D eigenvalue weighted by Crippen LogP contribution is -2.26. The van der Waals surface area contributed by atoms with E-state index in [4.69, 9.17) is 43.5 Å². The maximum atomic E-state index is 15.2. The van der Waals surface area contributed by atoms with E-state index in [0.29, 0.717) is 40.8 Å². The van der Waals surface area contributed by atoms with Gasteiger partial charge in [-0.1, -0.05) is 29.8 Å². The molecule has 15 heteroatoms. The highest BCUT2D eigenvalue weighted by molar-refractivity contribution is 7.94. The highest BCUT2D eigenvalue weighted by atomic mass is 35.5. The molecule has 0 spiro atoms. The molecule has 0 aliphatic carbocycles. The number of ether oxygens (including phenoxy) is 2. The van der Waals surface area contributed by atoms with Crippen LogP contribution in [0.2, 0.25) is 10.4 Å². The van der Waals surface area contributed by atoms with Crippen LogP contribution < -0.4 is 10.5 Å². The van der Waals surface area contributed by atoms with Crippen molar-refractivity contribution in [3.05, 3.63) is 94.4 Å². The van der Waals surface area contributed by atoms with Gasteiger partial charge in [0, 0.05) is 17.0 Å². The standard InChI is InChI=1S/C29H24Cl2FN7O4S/c30-23-14-18(36-29(31)37-23)15-42-22-10-9-17(13-21(22)32)26-25-27(33)34-16-35-28(25)39(38-26)24-8-4-5-19(43-24)11-12-44(40,41)20-6-2-1-3-7-20/h1-3,6-7,9-14,16,19,24H,4-5,8,15H2,(H2,33,34,35)/b12-11+. The summed E-state index contributed by atoms with van der Waals surface area (Å²) >= 11 is 11.7. The maximum absolute atomic E-state index is 15.2. The van der Waals surface area contributed by atoms with Crippen molar-refractivity contribution in [1.29, 1.82) is 0 Å². The second-order valence-corrected chi connectivity index (χ2v) is 12.4. The highest BCUT2D eigenvalue weighted by Gasteiger charge is 2.28. The second kappa shape index (κ2) is 12.4. The number of benzene rings is 2. The molecular formula is C29H24Cl2FN7O4S. The normalized spacial score (nSPS) is 17.3. The van der Waals surface area contributed by atoms with E-state index >= 15 is 4.39 Å². The third-order valence-electron chi connectivity index (χ3n) is 6.91. The number of rotatable bonds is 8. The first-order valence-electron chi connectivity index (χ1n) is 13.4. The van der Waals surface area contributed by atoms with Gasteiger partial charge in [0.1, 0.15) is 29.6 Å². The molecule has 226 valence electrons. The number of hydrogen-bond acceptors (Lipinski definition) is 10. The molecule has 2 aromatic carbocycles. The van der Waals surface area contributed by atoms with Gasteiger partial charge in [-0.3, -0.25) is 0 Å². The van der Waals surface area contributed by atoms with Crippen LogP contribution in [0.25, 0.3) is 22.3 Å². The van der Waals surface area contributed by atoms with E-state index < -0.39 is 28.0 Å². The Balaban J connectivity index is 1.26. The molecular weight excluding hydrogens is 632 g/mol. The van der Waals surface area contributed by atoms with Crippen LogP contribution in [0.1, 0.15) is 31.2 Å². The minimum absolute atomic E-state index is 0.0248. The van der Waals surface area contributed by atoms with E-state index in [-0.39, 0.29) is 33.5 Å². The van der Waals surface area contributed by atoms with Gasteiger partial charge < -0.3 is 15.2 Å². The van der Waals surface area contributed by atoms with Gasteiger partial charge in [-0.15, -0.1) is 0 Å². The van der Waals surface area contributed by atoms with Crippen molar-refractivity contribution < 1.29 is 22.3 Å². The van der Waals surface area contributed by atoms with Crippen molar-refractivity contribution in [2.24, 2.45) is 0 Å². The van der Waals surface area contributed by atoms with Crippen LogP contribution in [0.15, 0.2) is 77.3 Å². The van der Waals surface area contributed by atoms with Gasteiger partial charge in [-0.25, -0.2) is 37.4 Å². The minimum Gasteiger partial charge on any atom is -0.484 e. The molecule has 0 bridgehead atoms. The predicted molar refractivity (Wildman–Crippen MR) is 162 cm³/mol. The van der Waals surface area contributed by atoms with Crippen molar-refractivity contribution in [1.82, 2.24) is 29.7 Å². The van der Waals surface area contributed by atoms with E-state index in [1.54, 1.807) is 35.0 Å². The smallest absolute Gasteiger partial charge is 0.224 e. The first kappa shape index (κ1) is 29.9. The van der Waals surface area contributed by atoms with Crippen LogP contribution in [0, 0.1) is 5.82 Å². The average Bonchev–Trinajstić information content (AvgIpc) is 3.41. The summed E-state index contributed by atoms with van der Waals surface area (Å²) in [6, 6.07) is 14.0. The molecule has 1 aliphatic rings. The van der Waals surface area contributed by atoms with Gasteiger partial charge in [0.05, 0.1) is 22.1 Å². The molecule has 3 aromatic heterocycles. The molecule has 1 saturated heterocycles. The molecule has 2 atom stereocenters. The molecule has 2 N–H and O–H groups in total. The number of nitrogens with two attached hydrogens (primary N) is 1. The van der Waals surface area contributed by atoms with E-state index in [1.165, 1.54) is 42.1 Å². The van der Waals surface area contributed by atoms with Gasteiger partial charge in [-0.2, -0.15) is 5.10 Å². The van der Waals surface area contributed by atoms with Gasteiger partial charge in [0.2, 0.25) is 5.28 Å². The van der Waals surface area contributed by atoms with Crippen molar-refractivity contribution in [2.45, 2.75) is 43.1 Å². The first-order chi connectivity index (χ1) is 21.2. The lowest BCUT2D eigenvalue weighted by Gasteiger charge is -2.28. The van der Waals surface area contributed by atoms with E-state index in [1.807, 2.05) is 0 Å². The number of aromatic nitrogens is 6. The summed E-state index contributed by atoms with van der Waals surface area (Å²) in [5.74, 6) is -0.510. The summed E-state index contributed by atoms with van der Waals surface area (Å²) in [6.07, 6.45) is 3.75. The summed E-state index contributed by atoms with van der Waals surface area (Å²) in [7, 11) is -3.63. The molecule has 0 saturated carbocycles. The molecule has 1 fully saturated rings. The Morgan fingerprint density at radius 3 is 2.68 bits per heavy atom. The lowest BCUT2D eigenvalue weighted by molar-refractivity contribution is -0.0720. The molecule has 1 aliphatic heterocycles. The third-order valence-corrected chi connectivity index (χ3v) is 8.72. The Morgan fingerprint density at radius 1 is 1.09 bits per heavy atom. The Labute approximate surface area is 261 Å². The van der Waals surface area contributed by atoms with Gasteiger partial charge in [-0.05, 0) is 67.3 Å². The van der Waals surface area contributed by atoms with E-state index in [2.05, 4.69) is 19.9 Å². The summed E-state index contributed by atoms with van der Waals surface area (Å²) in [4.78, 5) is 16.5. The van der Waals surface area contributed by atoms with E-state index in [0.717, 1.165) is 6.42 Å². The van der Waals surface area contributed by atoms with Crippen molar-refractivity contribution in [2.75, 3.05) is 5.73 Å². The van der Waals surface area contributed by atoms with Crippen LogP contribution in [0.5, 0.6) is 5.75 Å². The number of sulfone groups is 1. The Bertz CT molecular complexity index is 1960. The van der Waals surface area contributed by atoms with Crippen LogP contribution in [-0.2, 0) is 21.2 Å². The Kier molecular flexibility index (Phi) is 8.45. The number of nitrogens with zero attached hydrogens (tertiary/aromatic N) is 6. The quantitative estimate of drug-likeness (QED) is 0.157. The zero-order chi connectivity index (χ0) is 30.8. The Hall–Kier alpha value is -4.17. The zero-order valence-corrected chi connectivity index (χ0v) is 25.2. The van der Waals surface area contributed by atoms with Crippen LogP contribution >= 0.6 is 23.2 Å². The number of hydrogen-bond donors (Lipinski definition) is 1. The van der Waals surface area contributed by atoms with Crippen LogP contribution in [-0.4, -0.2) is 44.2 Å². The summed E-state index contributed by atoms with van der Waals surface area (Å²) in [5, 5.41) is 6.43. The number of fused-ring (bicyclic) bond motifs is 1. The highest BCUT2D eigenvalue weighted by Crippen LogP contribution is 2.36. The minimum atomic E-state index is -3.63. The number of halogens is 3. The third kappa shape index (κ3) is 6.36. The van der Waals surface area contributed by atoms with Crippen molar-refractivity contribution >= 4 is 49.9 Å². The SMILES string of the molecule is Nc1ncnc2c1c(-c1ccc(OCc3cc(Cl)nc(Cl)n3)c(F)c1)nn2C1CCCC(/C=C/S(=O)(=O)c2ccccc2)O1. The monoisotopic (exact) mass is 655 g/mol.